The fraction of sp³-hybridized carbons (Fsp3) is 0.462. The van der Waals surface area contributed by atoms with Crippen LogP contribution in [0.25, 0.3) is 0 Å². The molecule has 0 heterocycles. The van der Waals surface area contributed by atoms with Crippen LogP contribution >= 0.6 is 0 Å². The molecule has 0 bridgehead atoms. The molecule has 0 amide bonds. The minimum Gasteiger partial charge on any atom is -0.465 e. The topological polar surface area (TPSA) is 81.8 Å². The molecule has 0 fully saturated rings. The van der Waals surface area contributed by atoms with Crippen LogP contribution in [0.2, 0.25) is 0 Å². The van der Waals surface area contributed by atoms with Gasteiger partial charge in [-0.1, -0.05) is 24.3 Å². The molecule has 5 heteroatoms. The molecule has 0 aromatic heterocycles. The smallest absolute Gasteiger partial charge is 0.325 e. The molecule has 0 aliphatic carbocycles. The SMILES string of the molecule is CCOC(=O)C(N)C(O)c1ccc(COC)cc1. The van der Waals surface area contributed by atoms with Crippen molar-refractivity contribution in [3.63, 3.8) is 0 Å². The van der Waals surface area contributed by atoms with E-state index >= 15 is 0 Å². The van der Waals surface area contributed by atoms with Gasteiger partial charge in [-0.2, -0.15) is 0 Å². The molecule has 3 N–H and O–H groups in total. The average Bonchev–Trinajstić information content (AvgIpc) is 2.38. The maximum atomic E-state index is 11.4. The Morgan fingerprint density at radius 1 is 1.39 bits per heavy atom. The van der Waals surface area contributed by atoms with Gasteiger partial charge in [-0.25, -0.2) is 0 Å². The summed E-state index contributed by atoms with van der Waals surface area (Å²) in [7, 11) is 1.61. The van der Waals surface area contributed by atoms with Gasteiger partial charge in [0, 0.05) is 7.11 Å². The number of aliphatic hydroxyl groups excluding tert-OH is 1. The fourth-order valence-corrected chi connectivity index (χ4v) is 1.55. The van der Waals surface area contributed by atoms with Crippen molar-refractivity contribution >= 4 is 5.97 Å². The van der Waals surface area contributed by atoms with Crippen LogP contribution in [-0.4, -0.2) is 30.8 Å². The first kappa shape index (κ1) is 14.6. The summed E-state index contributed by atoms with van der Waals surface area (Å²) in [5, 5.41) is 9.95. The third-order valence-electron chi connectivity index (χ3n) is 2.53. The van der Waals surface area contributed by atoms with Crippen molar-refractivity contribution in [3.8, 4) is 0 Å². The third kappa shape index (κ3) is 3.80. The number of esters is 1. The van der Waals surface area contributed by atoms with Crippen LogP contribution in [0, 0.1) is 0 Å². The van der Waals surface area contributed by atoms with E-state index in [1.165, 1.54) is 0 Å². The Morgan fingerprint density at radius 3 is 2.50 bits per heavy atom. The second kappa shape index (κ2) is 7.10. The van der Waals surface area contributed by atoms with Gasteiger partial charge in [0.25, 0.3) is 0 Å². The van der Waals surface area contributed by atoms with Crippen LogP contribution in [0.3, 0.4) is 0 Å². The van der Waals surface area contributed by atoms with Crippen LogP contribution < -0.4 is 5.73 Å². The Balaban J connectivity index is 2.71. The second-order valence-corrected chi connectivity index (χ2v) is 3.90. The summed E-state index contributed by atoms with van der Waals surface area (Å²) in [6, 6.07) is 6.01. The van der Waals surface area contributed by atoms with Gasteiger partial charge in [0.05, 0.1) is 13.2 Å². The fourth-order valence-electron chi connectivity index (χ4n) is 1.55. The van der Waals surface area contributed by atoms with Gasteiger partial charge in [0.2, 0.25) is 0 Å². The number of hydrogen-bond donors (Lipinski definition) is 2. The minimum atomic E-state index is -1.07. The highest BCUT2D eigenvalue weighted by Gasteiger charge is 2.25. The zero-order chi connectivity index (χ0) is 13.5. The second-order valence-electron chi connectivity index (χ2n) is 3.90. The highest BCUT2D eigenvalue weighted by Crippen LogP contribution is 2.17. The number of ether oxygens (including phenoxy) is 2. The largest absolute Gasteiger partial charge is 0.465 e. The number of nitrogens with two attached hydrogens (primary N) is 1. The number of benzene rings is 1. The molecule has 1 aromatic rings. The molecule has 0 saturated heterocycles. The van der Waals surface area contributed by atoms with Crippen molar-refractivity contribution < 1.29 is 19.4 Å². The van der Waals surface area contributed by atoms with Crippen molar-refractivity contribution in [3.05, 3.63) is 35.4 Å². The first-order valence-corrected chi connectivity index (χ1v) is 5.78. The van der Waals surface area contributed by atoms with Gasteiger partial charge >= 0.3 is 5.97 Å². The molecule has 1 rings (SSSR count). The molecule has 18 heavy (non-hydrogen) atoms. The predicted molar refractivity (Wildman–Crippen MR) is 66.7 cm³/mol. The van der Waals surface area contributed by atoms with E-state index in [9.17, 15) is 9.90 Å². The minimum absolute atomic E-state index is 0.242. The summed E-state index contributed by atoms with van der Waals surface area (Å²) in [6.45, 7) is 2.43. The summed E-state index contributed by atoms with van der Waals surface area (Å²) in [6.07, 6.45) is -1.07. The van der Waals surface area contributed by atoms with Gasteiger partial charge in [-0.3, -0.25) is 4.79 Å². The molecule has 2 unspecified atom stereocenters. The highest BCUT2D eigenvalue weighted by atomic mass is 16.5. The molecule has 0 aliphatic heterocycles. The van der Waals surface area contributed by atoms with Gasteiger partial charge in [0.15, 0.2) is 0 Å². The molecule has 2 atom stereocenters. The normalized spacial score (nSPS) is 14.0. The van der Waals surface area contributed by atoms with Crippen LogP contribution in [-0.2, 0) is 20.9 Å². The van der Waals surface area contributed by atoms with E-state index in [-0.39, 0.29) is 6.61 Å². The van der Waals surface area contributed by atoms with Crippen molar-refractivity contribution in [1.29, 1.82) is 0 Å². The van der Waals surface area contributed by atoms with Crippen LogP contribution in [0.5, 0.6) is 0 Å². The van der Waals surface area contributed by atoms with Crippen molar-refractivity contribution in [1.82, 2.24) is 0 Å². The highest BCUT2D eigenvalue weighted by molar-refractivity contribution is 5.76. The molecule has 0 radical (unpaired) electrons. The first-order chi connectivity index (χ1) is 8.60. The number of carbonyl (C=O) groups excluding carboxylic acids is 1. The molecule has 0 saturated carbocycles. The van der Waals surface area contributed by atoms with E-state index < -0.39 is 18.1 Å². The quantitative estimate of drug-likeness (QED) is 0.731. The van der Waals surface area contributed by atoms with Gasteiger partial charge < -0.3 is 20.3 Å². The number of hydrogen-bond acceptors (Lipinski definition) is 5. The zero-order valence-electron chi connectivity index (χ0n) is 10.6. The molecule has 1 aromatic carbocycles. The number of rotatable bonds is 6. The molecule has 0 aliphatic rings. The van der Waals surface area contributed by atoms with Crippen molar-refractivity contribution in [2.45, 2.75) is 25.7 Å². The van der Waals surface area contributed by atoms with Gasteiger partial charge in [-0.15, -0.1) is 0 Å². The van der Waals surface area contributed by atoms with E-state index in [4.69, 9.17) is 15.2 Å². The van der Waals surface area contributed by atoms with Crippen LogP contribution in [0.4, 0.5) is 0 Å². The average molecular weight is 253 g/mol. The number of methoxy groups -OCH3 is 1. The number of carbonyl (C=O) groups is 1. The summed E-state index contributed by atoms with van der Waals surface area (Å²) in [5.41, 5.74) is 7.19. The lowest BCUT2D eigenvalue weighted by atomic mass is 10.0. The maximum absolute atomic E-state index is 11.4. The summed E-state index contributed by atoms with van der Waals surface area (Å²) in [5.74, 6) is -0.606. The lowest BCUT2D eigenvalue weighted by Crippen LogP contribution is -2.38. The Kier molecular flexibility index (Phi) is 5.77. The Hall–Kier alpha value is -1.43. The van der Waals surface area contributed by atoms with E-state index in [0.29, 0.717) is 12.2 Å². The molecule has 0 spiro atoms. The zero-order valence-corrected chi connectivity index (χ0v) is 10.6. The van der Waals surface area contributed by atoms with E-state index in [2.05, 4.69) is 0 Å². The predicted octanol–water partition coefficient (Wildman–Crippen LogP) is 0.757. The van der Waals surface area contributed by atoms with Crippen molar-refractivity contribution in [2.75, 3.05) is 13.7 Å². The van der Waals surface area contributed by atoms with Gasteiger partial charge in [0.1, 0.15) is 12.1 Å². The summed E-state index contributed by atoms with van der Waals surface area (Å²) in [4.78, 5) is 11.4. The first-order valence-electron chi connectivity index (χ1n) is 5.78. The molecule has 100 valence electrons. The lowest BCUT2D eigenvalue weighted by molar-refractivity contribution is -0.147. The molecular formula is C13H19NO4. The monoisotopic (exact) mass is 253 g/mol. The van der Waals surface area contributed by atoms with E-state index in [1.807, 2.05) is 12.1 Å². The van der Waals surface area contributed by atoms with E-state index in [1.54, 1.807) is 26.2 Å². The Labute approximate surface area is 107 Å². The van der Waals surface area contributed by atoms with E-state index in [0.717, 1.165) is 5.56 Å². The van der Waals surface area contributed by atoms with Crippen LogP contribution in [0.15, 0.2) is 24.3 Å². The standard InChI is InChI=1S/C13H19NO4/c1-3-18-13(16)11(14)12(15)10-6-4-9(5-7-10)8-17-2/h4-7,11-12,15H,3,8,14H2,1-2H3. The Bertz CT molecular complexity index is 377. The molecule has 5 nitrogen and oxygen atoms in total. The van der Waals surface area contributed by atoms with Crippen LogP contribution in [0.1, 0.15) is 24.2 Å². The van der Waals surface area contributed by atoms with Crippen molar-refractivity contribution in [2.24, 2.45) is 5.73 Å². The summed E-state index contributed by atoms with van der Waals surface area (Å²) >= 11 is 0. The Morgan fingerprint density at radius 2 is 2.00 bits per heavy atom. The number of aliphatic hydroxyl groups is 1. The third-order valence-corrected chi connectivity index (χ3v) is 2.53. The maximum Gasteiger partial charge on any atom is 0.325 e. The van der Waals surface area contributed by atoms with Gasteiger partial charge in [-0.05, 0) is 18.1 Å². The molecular weight excluding hydrogens is 234 g/mol. The summed E-state index contributed by atoms with van der Waals surface area (Å²) < 4.78 is 9.75. The lowest BCUT2D eigenvalue weighted by Gasteiger charge is -2.17.